The third-order valence-corrected chi connectivity index (χ3v) is 3.87. The van der Waals surface area contributed by atoms with Crippen molar-refractivity contribution in [2.75, 3.05) is 4.90 Å². The van der Waals surface area contributed by atoms with Gasteiger partial charge in [0.2, 0.25) is 0 Å². The molecule has 0 aliphatic rings. The monoisotopic (exact) mass is 296 g/mol. The van der Waals surface area contributed by atoms with Gasteiger partial charge in [0.05, 0.1) is 0 Å². The van der Waals surface area contributed by atoms with E-state index in [9.17, 15) is 0 Å². The van der Waals surface area contributed by atoms with Crippen LogP contribution in [0, 0.1) is 0 Å². The number of hydrogen-bond acceptors (Lipinski definition) is 2. The molecule has 23 heavy (non-hydrogen) atoms. The van der Waals surface area contributed by atoms with Crippen molar-refractivity contribution in [3.63, 3.8) is 0 Å². The van der Waals surface area contributed by atoms with Gasteiger partial charge < -0.3 is 0 Å². The van der Waals surface area contributed by atoms with Crippen LogP contribution in [0.5, 0.6) is 0 Å². The molecule has 0 spiro atoms. The molecule has 2 heteroatoms. The fourth-order valence-electron chi connectivity index (χ4n) is 2.76. The van der Waals surface area contributed by atoms with Crippen LogP contribution in [0.15, 0.2) is 97.2 Å². The van der Waals surface area contributed by atoms with Gasteiger partial charge in [-0.15, -0.1) is 0 Å². The van der Waals surface area contributed by atoms with Crippen molar-refractivity contribution in [3.8, 4) is 0 Å². The second kappa shape index (κ2) is 5.93. The van der Waals surface area contributed by atoms with Crippen LogP contribution in [0.3, 0.4) is 0 Å². The van der Waals surface area contributed by atoms with E-state index in [-0.39, 0.29) is 0 Å². The zero-order valence-electron chi connectivity index (χ0n) is 12.6. The summed E-state index contributed by atoms with van der Waals surface area (Å²) in [5.41, 5.74) is 2.20. The SMILES string of the molecule is c1ccc(N(c2ccccc2)c2cc3ccccc3cn2)cc1. The lowest BCUT2D eigenvalue weighted by Crippen LogP contribution is -2.11. The Morgan fingerprint density at radius 1 is 0.565 bits per heavy atom. The number of nitrogens with zero attached hydrogens (tertiary/aromatic N) is 2. The number of fused-ring (bicyclic) bond motifs is 1. The Bertz CT molecular complexity index is 878. The van der Waals surface area contributed by atoms with E-state index in [0.29, 0.717) is 0 Å². The van der Waals surface area contributed by atoms with Gasteiger partial charge in [0.15, 0.2) is 0 Å². The van der Waals surface area contributed by atoms with Gasteiger partial charge in [-0.3, -0.25) is 4.90 Å². The highest BCUT2D eigenvalue weighted by molar-refractivity contribution is 5.86. The molecule has 4 aromatic rings. The van der Waals surface area contributed by atoms with Gasteiger partial charge in [-0.1, -0.05) is 60.7 Å². The Kier molecular flexibility index (Phi) is 3.49. The number of aromatic nitrogens is 1. The second-order valence-electron chi connectivity index (χ2n) is 5.40. The van der Waals surface area contributed by atoms with Crippen molar-refractivity contribution in [3.05, 3.63) is 97.2 Å². The van der Waals surface area contributed by atoms with Crippen molar-refractivity contribution < 1.29 is 0 Å². The maximum Gasteiger partial charge on any atom is 0.138 e. The molecule has 0 atom stereocenters. The largest absolute Gasteiger partial charge is 0.295 e. The standard InChI is InChI=1S/C21H16N2/c1-3-11-19(12-4-1)23(20-13-5-2-6-14-20)21-15-17-9-7-8-10-18(17)16-22-21/h1-16H. The molecule has 4 rings (SSSR count). The van der Waals surface area contributed by atoms with E-state index < -0.39 is 0 Å². The topological polar surface area (TPSA) is 16.1 Å². The molecule has 0 fully saturated rings. The molecule has 0 unspecified atom stereocenters. The smallest absolute Gasteiger partial charge is 0.138 e. The van der Waals surface area contributed by atoms with Crippen LogP contribution in [-0.2, 0) is 0 Å². The summed E-state index contributed by atoms with van der Waals surface area (Å²) in [6, 6.07) is 31.1. The minimum absolute atomic E-state index is 0.918. The molecular formula is C21H16N2. The maximum atomic E-state index is 4.69. The van der Waals surface area contributed by atoms with Gasteiger partial charge in [-0.25, -0.2) is 4.98 Å². The minimum Gasteiger partial charge on any atom is -0.295 e. The number of para-hydroxylation sites is 2. The van der Waals surface area contributed by atoms with Gasteiger partial charge in [0, 0.05) is 23.0 Å². The van der Waals surface area contributed by atoms with Crippen molar-refractivity contribution in [2.45, 2.75) is 0 Å². The Morgan fingerprint density at radius 3 is 1.70 bits per heavy atom. The summed E-state index contributed by atoms with van der Waals surface area (Å²) >= 11 is 0. The van der Waals surface area contributed by atoms with Crippen LogP contribution in [0.1, 0.15) is 0 Å². The van der Waals surface area contributed by atoms with Crippen LogP contribution in [0.2, 0.25) is 0 Å². The molecule has 1 aromatic heterocycles. The number of hydrogen-bond donors (Lipinski definition) is 0. The first-order chi connectivity index (χ1) is 11.4. The predicted molar refractivity (Wildman–Crippen MR) is 96.4 cm³/mol. The average molecular weight is 296 g/mol. The molecule has 0 saturated heterocycles. The van der Waals surface area contributed by atoms with E-state index in [1.165, 1.54) is 5.39 Å². The van der Waals surface area contributed by atoms with Gasteiger partial charge >= 0.3 is 0 Å². The van der Waals surface area contributed by atoms with E-state index in [1.807, 2.05) is 48.7 Å². The lowest BCUT2D eigenvalue weighted by molar-refractivity contribution is 1.19. The number of rotatable bonds is 3. The molecule has 0 saturated carbocycles. The molecule has 0 aliphatic heterocycles. The number of pyridine rings is 1. The third-order valence-electron chi connectivity index (χ3n) is 3.87. The van der Waals surface area contributed by atoms with E-state index in [1.54, 1.807) is 0 Å². The van der Waals surface area contributed by atoms with Crippen LogP contribution in [-0.4, -0.2) is 4.98 Å². The number of anilines is 3. The van der Waals surface area contributed by atoms with Crippen molar-refractivity contribution in [1.29, 1.82) is 0 Å². The summed E-state index contributed by atoms with van der Waals surface area (Å²) in [6.45, 7) is 0. The zero-order valence-corrected chi connectivity index (χ0v) is 12.6. The van der Waals surface area contributed by atoms with Crippen molar-refractivity contribution >= 4 is 28.0 Å². The van der Waals surface area contributed by atoms with Crippen LogP contribution >= 0.6 is 0 Å². The zero-order chi connectivity index (χ0) is 15.5. The van der Waals surface area contributed by atoms with Gasteiger partial charge in [0.25, 0.3) is 0 Å². The Hall–Kier alpha value is -3.13. The first kappa shape index (κ1) is 13.5. The first-order valence-corrected chi connectivity index (χ1v) is 7.67. The summed E-state index contributed by atoms with van der Waals surface area (Å²) in [5, 5.41) is 2.34. The molecule has 2 nitrogen and oxygen atoms in total. The highest BCUT2D eigenvalue weighted by atomic mass is 15.2. The molecule has 0 radical (unpaired) electrons. The quantitative estimate of drug-likeness (QED) is 0.482. The third kappa shape index (κ3) is 2.67. The van der Waals surface area contributed by atoms with E-state index >= 15 is 0 Å². The van der Waals surface area contributed by atoms with Gasteiger partial charge in [0.1, 0.15) is 5.82 Å². The van der Waals surface area contributed by atoms with E-state index in [4.69, 9.17) is 0 Å². The molecule has 0 aliphatic carbocycles. The molecule has 0 N–H and O–H groups in total. The summed E-state index contributed by atoms with van der Waals surface area (Å²) in [6.07, 6.45) is 1.93. The second-order valence-corrected chi connectivity index (χ2v) is 5.40. The predicted octanol–water partition coefficient (Wildman–Crippen LogP) is 5.70. The normalized spacial score (nSPS) is 10.6. The molecule has 0 bridgehead atoms. The summed E-state index contributed by atoms with van der Waals surface area (Å²) < 4.78 is 0. The highest BCUT2D eigenvalue weighted by Crippen LogP contribution is 2.33. The average Bonchev–Trinajstić information content (AvgIpc) is 2.64. The van der Waals surface area contributed by atoms with E-state index in [2.05, 4.69) is 58.4 Å². The summed E-state index contributed by atoms with van der Waals surface area (Å²) in [5.74, 6) is 0.918. The number of benzene rings is 3. The maximum absolute atomic E-state index is 4.69. The molecule has 0 amide bonds. The molecule has 3 aromatic carbocycles. The van der Waals surface area contributed by atoms with Crippen LogP contribution in [0.25, 0.3) is 10.8 Å². The van der Waals surface area contributed by atoms with Crippen molar-refractivity contribution in [1.82, 2.24) is 4.98 Å². The van der Waals surface area contributed by atoms with Gasteiger partial charge in [-0.05, 0) is 35.7 Å². The molecule has 1 heterocycles. The summed E-state index contributed by atoms with van der Waals surface area (Å²) in [7, 11) is 0. The molecule has 110 valence electrons. The fourth-order valence-corrected chi connectivity index (χ4v) is 2.76. The van der Waals surface area contributed by atoms with Crippen LogP contribution in [0.4, 0.5) is 17.2 Å². The Morgan fingerprint density at radius 2 is 1.09 bits per heavy atom. The highest BCUT2D eigenvalue weighted by Gasteiger charge is 2.13. The minimum atomic E-state index is 0.918. The lowest BCUT2D eigenvalue weighted by atomic mass is 10.1. The Labute approximate surface area is 135 Å². The summed E-state index contributed by atoms with van der Waals surface area (Å²) in [4.78, 5) is 6.86. The fraction of sp³-hybridized carbons (Fsp3) is 0. The lowest BCUT2D eigenvalue weighted by Gasteiger charge is -2.24. The van der Waals surface area contributed by atoms with E-state index in [0.717, 1.165) is 22.6 Å². The first-order valence-electron chi connectivity index (χ1n) is 7.67. The Balaban J connectivity index is 1.90. The van der Waals surface area contributed by atoms with Crippen LogP contribution < -0.4 is 4.90 Å². The molecular weight excluding hydrogens is 280 g/mol. The van der Waals surface area contributed by atoms with Crippen molar-refractivity contribution in [2.24, 2.45) is 0 Å². The van der Waals surface area contributed by atoms with Gasteiger partial charge in [-0.2, -0.15) is 0 Å².